The molecule has 0 saturated heterocycles. The molecule has 2 nitrogen and oxygen atoms in total. The van der Waals surface area contributed by atoms with Gasteiger partial charge in [0.15, 0.2) is 0 Å². The van der Waals surface area contributed by atoms with Crippen molar-refractivity contribution in [2.45, 2.75) is 32.1 Å². The van der Waals surface area contributed by atoms with E-state index in [-0.39, 0.29) is 0 Å². The molecule has 0 unspecified atom stereocenters. The maximum Gasteiger partial charge on any atom is 0.135 e. The first-order valence-corrected chi connectivity index (χ1v) is 13.7. The standard InChI is InChI=1S/C23H30O2P2/c1-20(26(3,24)22-16-10-6-11-17-22)14-8-5-9-15-21(2)27(4,25)23-18-12-7-13-19-23/h6-7,10-13,16-19H,1-2,5,8-9,14-15H2,3-4H3/t26-,27-/m0/s1. The second kappa shape index (κ2) is 9.54. The van der Waals surface area contributed by atoms with Gasteiger partial charge in [0.05, 0.1) is 0 Å². The number of hydrogen-bond acceptors (Lipinski definition) is 2. The minimum Gasteiger partial charge on any atom is -0.314 e. The third-order valence-corrected chi connectivity index (χ3v) is 10.6. The van der Waals surface area contributed by atoms with Gasteiger partial charge in [0.1, 0.15) is 14.3 Å². The van der Waals surface area contributed by atoms with Gasteiger partial charge in [-0.3, -0.25) is 0 Å². The molecule has 144 valence electrons. The van der Waals surface area contributed by atoms with Crippen molar-refractivity contribution in [1.29, 1.82) is 0 Å². The van der Waals surface area contributed by atoms with Crippen molar-refractivity contribution in [3.8, 4) is 0 Å². The van der Waals surface area contributed by atoms with Gasteiger partial charge in [-0.1, -0.05) is 80.2 Å². The van der Waals surface area contributed by atoms with Gasteiger partial charge in [-0.25, -0.2) is 0 Å². The van der Waals surface area contributed by atoms with Crippen LogP contribution in [0.4, 0.5) is 0 Å². The summed E-state index contributed by atoms with van der Waals surface area (Å²) < 4.78 is 26.1. The lowest BCUT2D eigenvalue weighted by Gasteiger charge is -2.17. The Balaban J connectivity index is 1.79. The Morgan fingerprint density at radius 3 is 1.33 bits per heavy atom. The van der Waals surface area contributed by atoms with Crippen LogP contribution >= 0.6 is 14.3 Å². The van der Waals surface area contributed by atoms with Crippen LogP contribution in [0.5, 0.6) is 0 Å². The van der Waals surface area contributed by atoms with Crippen LogP contribution in [0, 0.1) is 0 Å². The van der Waals surface area contributed by atoms with Gasteiger partial charge >= 0.3 is 0 Å². The molecule has 27 heavy (non-hydrogen) atoms. The first kappa shape index (κ1) is 21.7. The van der Waals surface area contributed by atoms with Crippen LogP contribution in [0.1, 0.15) is 32.1 Å². The Bertz CT molecular complexity index is 796. The largest absolute Gasteiger partial charge is 0.314 e. The van der Waals surface area contributed by atoms with Crippen molar-refractivity contribution < 1.29 is 9.13 Å². The lowest BCUT2D eigenvalue weighted by molar-refractivity contribution is 0.585. The van der Waals surface area contributed by atoms with Crippen molar-refractivity contribution in [3.05, 3.63) is 84.4 Å². The molecule has 0 fully saturated rings. The normalized spacial score (nSPS) is 15.5. The van der Waals surface area contributed by atoms with Gasteiger partial charge in [-0.15, -0.1) is 0 Å². The summed E-state index contributed by atoms with van der Waals surface area (Å²) in [4.78, 5) is 0. The average Bonchev–Trinajstić information content (AvgIpc) is 2.68. The maximum absolute atomic E-state index is 13.0. The summed E-state index contributed by atoms with van der Waals surface area (Å²) >= 11 is 0. The highest BCUT2D eigenvalue weighted by molar-refractivity contribution is 7.75. The molecule has 0 aliphatic carbocycles. The molecular formula is C23H30O2P2. The van der Waals surface area contributed by atoms with Crippen LogP contribution in [0.15, 0.2) is 84.4 Å². The van der Waals surface area contributed by atoms with Crippen LogP contribution in [0.2, 0.25) is 0 Å². The molecule has 2 aromatic rings. The number of allylic oxidation sites excluding steroid dienone is 2. The molecule has 0 spiro atoms. The van der Waals surface area contributed by atoms with E-state index in [1.807, 2.05) is 60.7 Å². The number of benzene rings is 2. The molecule has 0 bridgehead atoms. The van der Waals surface area contributed by atoms with E-state index in [1.165, 1.54) is 0 Å². The van der Waals surface area contributed by atoms with Gasteiger partial charge in [0, 0.05) is 10.6 Å². The third-order valence-electron chi connectivity index (χ3n) is 5.14. The van der Waals surface area contributed by atoms with Crippen molar-refractivity contribution in [2.24, 2.45) is 0 Å². The average molecular weight is 400 g/mol. The fourth-order valence-electron chi connectivity index (χ4n) is 3.05. The first-order chi connectivity index (χ1) is 12.8. The van der Waals surface area contributed by atoms with Gasteiger partial charge in [-0.2, -0.15) is 0 Å². The Morgan fingerprint density at radius 2 is 1.00 bits per heavy atom. The van der Waals surface area contributed by atoms with E-state index in [9.17, 15) is 9.13 Å². The highest BCUT2D eigenvalue weighted by Gasteiger charge is 2.22. The topological polar surface area (TPSA) is 34.1 Å². The van der Waals surface area contributed by atoms with Crippen LogP contribution in [-0.4, -0.2) is 13.3 Å². The van der Waals surface area contributed by atoms with Crippen LogP contribution in [-0.2, 0) is 9.13 Å². The molecule has 2 rings (SSSR count). The molecule has 0 amide bonds. The monoisotopic (exact) mass is 400 g/mol. The second-order valence-electron chi connectivity index (χ2n) is 7.21. The molecule has 0 aliphatic rings. The van der Waals surface area contributed by atoms with Crippen LogP contribution in [0.3, 0.4) is 0 Å². The summed E-state index contributed by atoms with van der Waals surface area (Å²) in [7, 11) is -5.05. The zero-order chi connectivity index (χ0) is 19.9. The quantitative estimate of drug-likeness (QED) is 0.333. The Labute approximate surface area is 164 Å². The summed E-state index contributed by atoms with van der Waals surface area (Å²) in [6.45, 7) is 11.8. The minimum absolute atomic E-state index is 0.762. The van der Waals surface area contributed by atoms with E-state index in [0.29, 0.717) is 0 Å². The summed E-state index contributed by atoms with van der Waals surface area (Å²) in [5, 5.41) is 3.41. The fourth-order valence-corrected chi connectivity index (χ4v) is 6.43. The summed E-state index contributed by atoms with van der Waals surface area (Å²) in [5.74, 6) is 0. The van der Waals surface area contributed by atoms with Gasteiger partial charge in [-0.05, 0) is 49.6 Å². The van der Waals surface area contributed by atoms with Crippen LogP contribution in [0.25, 0.3) is 0 Å². The molecule has 0 radical (unpaired) electrons. The molecule has 0 saturated carbocycles. The first-order valence-electron chi connectivity index (χ1n) is 9.39. The van der Waals surface area contributed by atoms with E-state index in [1.54, 1.807) is 13.3 Å². The van der Waals surface area contributed by atoms with E-state index in [0.717, 1.165) is 53.3 Å². The van der Waals surface area contributed by atoms with Crippen LogP contribution < -0.4 is 10.6 Å². The van der Waals surface area contributed by atoms with E-state index in [4.69, 9.17) is 0 Å². The van der Waals surface area contributed by atoms with Gasteiger partial charge in [0.25, 0.3) is 0 Å². The number of unbranched alkanes of at least 4 members (excludes halogenated alkanes) is 2. The zero-order valence-electron chi connectivity index (χ0n) is 16.4. The smallest absolute Gasteiger partial charge is 0.135 e. The van der Waals surface area contributed by atoms with Crippen molar-refractivity contribution in [2.75, 3.05) is 13.3 Å². The fraction of sp³-hybridized carbons (Fsp3) is 0.304. The SMILES string of the molecule is C=C(CCCCCC(=C)[P@](C)(=O)c1ccccc1)[P@](C)(=O)c1ccccc1. The van der Waals surface area contributed by atoms with Crippen molar-refractivity contribution >= 4 is 24.9 Å². The zero-order valence-corrected chi connectivity index (χ0v) is 18.2. The van der Waals surface area contributed by atoms with E-state index in [2.05, 4.69) is 13.2 Å². The number of hydrogen-bond donors (Lipinski definition) is 0. The van der Waals surface area contributed by atoms with Crippen molar-refractivity contribution in [3.63, 3.8) is 0 Å². The lowest BCUT2D eigenvalue weighted by atomic mass is 10.1. The summed E-state index contributed by atoms with van der Waals surface area (Å²) in [6, 6.07) is 19.2. The molecule has 0 N–H and O–H groups in total. The second-order valence-corrected chi connectivity index (χ2v) is 13.2. The summed E-state index contributed by atoms with van der Waals surface area (Å²) in [5.41, 5.74) is 0. The number of rotatable bonds is 10. The predicted molar refractivity (Wildman–Crippen MR) is 121 cm³/mol. The Hall–Kier alpha value is -1.62. The van der Waals surface area contributed by atoms with Gasteiger partial charge < -0.3 is 9.13 Å². The third kappa shape index (κ3) is 5.68. The maximum atomic E-state index is 13.0. The molecule has 0 aliphatic heterocycles. The van der Waals surface area contributed by atoms with Gasteiger partial charge in [0.2, 0.25) is 0 Å². The molecule has 0 aromatic heterocycles. The molecule has 2 atom stereocenters. The predicted octanol–water partition coefficient (Wildman–Crippen LogP) is 6.60. The molecule has 4 heteroatoms. The lowest BCUT2D eigenvalue weighted by Crippen LogP contribution is -2.05. The summed E-state index contributed by atoms with van der Waals surface area (Å²) in [6.07, 6.45) is 4.39. The van der Waals surface area contributed by atoms with E-state index >= 15 is 0 Å². The Kier molecular flexibility index (Phi) is 7.66. The highest BCUT2D eigenvalue weighted by atomic mass is 31.2. The molecule has 0 heterocycles. The van der Waals surface area contributed by atoms with E-state index < -0.39 is 14.3 Å². The minimum atomic E-state index is -2.53. The van der Waals surface area contributed by atoms with Crippen molar-refractivity contribution in [1.82, 2.24) is 0 Å². The Morgan fingerprint density at radius 1 is 0.667 bits per heavy atom. The highest BCUT2D eigenvalue weighted by Crippen LogP contribution is 2.51. The molecule has 2 aromatic carbocycles. The molecular weight excluding hydrogens is 370 g/mol.